The number of rotatable bonds is 5. The van der Waals surface area contributed by atoms with Crippen molar-refractivity contribution in [3.05, 3.63) is 34.9 Å². The Balaban J connectivity index is 3.38. The average Bonchev–Trinajstić information content (AvgIpc) is 2.35. The van der Waals surface area contributed by atoms with Gasteiger partial charge in [0.15, 0.2) is 11.9 Å². The number of aliphatic carboxylic acids is 1. The van der Waals surface area contributed by atoms with Gasteiger partial charge in [-0.1, -0.05) is 28.1 Å². The predicted octanol–water partition coefficient (Wildman–Crippen LogP) is 2.71. The molecule has 1 aromatic rings. The number of aliphatic hydroxyl groups is 1. The maximum Gasteiger partial charge on any atom is 0.337 e. The molecular weight excluding hydrogens is 326 g/mol. The van der Waals surface area contributed by atoms with Crippen LogP contribution in [-0.2, 0) is 4.79 Å². The Labute approximate surface area is 116 Å². The van der Waals surface area contributed by atoms with Gasteiger partial charge >= 0.3 is 5.97 Å². The second-order valence-electron chi connectivity index (χ2n) is 3.87. The van der Waals surface area contributed by atoms with E-state index in [0.29, 0.717) is 0 Å². The lowest BCUT2D eigenvalue weighted by atomic mass is 9.95. The molecule has 19 heavy (non-hydrogen) atoms. The van der Waals surface area contributed by atoms with Gasteiger partial charge < -0.3 is 10.2 Å². The number of carboxylic acid groups (broad SMARTS) is 1. The number of hydrogen-bond donors (Lipinski definition) is 2. The normalized spacial score (nSPS) is 14.2. The Morgan fingerprint density at radius 2 is 1.89 bits per heavy atom. The molecule has 0 saturated heterocycles. The summed E-state index contributed by atoms with van der Waals surface area (Å²) in [5.41, 5.74) is -0.876. The minimum Gasteiger partial charge on any atom is -0.479 e. The van der Waals surface area contributed by atoms with Crippen LogP contribution in [0.5, 0.6) is 0 Å². The lowest BCUT2D eigenvalue weighted by molar-refractivity contribution is -0.146. The van der Waals surface area contributed by atoms with Crippen molar-refractivity contribution in [2.24, 2.45) is 0 Å². The lowest BCUT2D eigenvalue weighted by Gasteiger charge is -2.14. The molecule has 0 aliphatic rings. The summed E-state index contributed by atoms with van der Waals surface area (Å²) in [4.78, 5) is 22.0. The van der Waals surface area contributed by atoms with Crippen LogP contribution in [0.1, 0.15) is 40.9 Å². The van der Waals surface area contributed by atoms with Crippen molar-refractivity contribution in [2.45, 2.75) is 24.3 Å². The van der Waals surface area contributed by atoms with Crippen LogP contribution in [0.4, 0.5) is 8.78 Å². The molecule has 0 bridgehead atoms. The molecule has 7 heteroatoms. The van der Waals surface area contributed by atoms with E-state index in [1.54, 1.807) is 0 Å². The molecule has 1 rings (SSSR count). The van der Waals surface area contributed by atoms with E-state index < -0.39 is 34.7 Å². The van der Waals surface area contributed by atoms with E-state index in [9.17, 15) is 23.5 Å². The Bertz CT molecular complexity index is 503. The molecule has 0 aliphatic carbocycles. The van der Waals surface area contributed by atoms with Crippen molar-refractivity contribution in [2.75, 3.05) is 0 Å². The first-order valence-corrected chi connectivity index (χ1v) is 6.18. The zero-order valence-corrected chi connectivity index (χ0v) is 11.4. The van der Waals surface area contributed by atoms with Crippen molar-refractivity contribution in [3.8, 4) is 0 Å². The quantitative estimate of drug-likeness (QED) is 0.640. The third-order valence-electron chi connectivity index (χ3n) is 2.48. The highest BCUT2D eigenvalue weighted by atomic mass is 79.9. The third kappa shape index (κ3) is 3.57. The number of Topliss-reactive ketones (excluding diaryl/α,β-unsaturated/α-hetero) is 1. The van der Waals surface area contributed by atoms with Gasteiger partial charge in [0, 0.05) is 16.7 Å². The number of ketones is 1. The van der Waals surface area contributed by atoms with E-state index >= 15 is 0 Å². The van der Waals surface area contributed by atoms with E-state index in [2.05, 4.69) is 15.9 Å². The summed E-state index contributed by atoms with van der Waals surface area (Å²) in [7, 11) is 0. The number of benzene rings is 1. The van der Waals surface area contributed by atoms with Gasteiger partial charge in [-0.05, 0) is 13.0 Å². The van der Waals surface area contributed by atoms with E-state index in [1.807, 2.05) is 0 Å². The molecule has 0 fully saturated rings. The van der Waals surface area contributed by atoms with E-state index in [0.717, 1.165) is 18.2 Å². The predicted molar refractivity (Wildman–Crippen MR) is 66.7 cm³/mol. The van der Waals surface area contributed by atoms with Gasteiger partial charge in [-0.15, -0.1) is 0 Å². The van der Waals surface area contributed by atoms with Gasteiger partial charge in [-0.3, -0.25) is 4.79 Å². The number of alkyl halides is 3. The molecule has 104 valence electrons. The molecule has 0 heterocycles. The molecular formula is C12H11BrF2O4. The Morgan fingerprint density at radius 3 is 2.32 bits per heavy atom. The van der Waals surface area contributed by atoms with Gasteiger partial charge in [0.25, 0.3) is 6.43 Å². The van der Waals surface area contributed by atoms with Crippen molar-refractivity contribution in [1.82, 2.24) is 0 Å². The van der Waals surface area contributed by atoms with Crippen LogP contribution in [0, 0.1) is 0 Å². The Morgan fingerprint density at radius 1 is 1.32 bits per heavy atom. The molecule has 0 saturated carbocycles. The second kappa shape index (κ2) is 6.21. The summed E-state index contributed by atoms with van der Waals surface area (Å²) in [6.07, 6.45) is -4.84. The maximum atomic E-state index is 12.6. The van der Waals surface area contributed by atoms with Crippen LogP contribution in [0.15, 0.2) is 18.2 Å². The number of hydrogen-bond acceptors (Lipinski definition) is 3. The van der Waals surface area contributed by atoms with Gasteiger partial charge in [-0.25, -0.2) is 13.6 Å². The minimum absolute atomic E-state index is 0.0938. The van der Waals surface area contributed by atoms with Crippen LogP contribution in [0.3, 0.4) is 0 Å². The van der Waals surface area contributed by atoms with Gasteiger partial charge in [0.05, 0.1) is 4.83 Å². The fraction of sp³-hybridized carbons (Fsp3) is 0.333. The highest BCUT2D eigenvalue weighted by Gasteiger charge is 2.26. The lowest BCUT2D eigenvalue weighted by Crippen LogP contribution is -2.19. The summed E-state index contributed by atoms with van der Waals surface area (Å²) >= 11 is 3.02. The maximum absolute atomic E-state index is 12.6. The van der Waals surface area contributed by atoms with Crippen molar-refractivity contribution in [1.29, 1.82) is 0 Å². The molecule has 0 spiro atoms. The van der Waals surface area contributed by atoms with Crippen LogP contribution in [0.2, 0.25) is 0 Å². The SMILES string of the molecule is CC(Br)C(=O)c1ccc(C(F)F)cc1C(O)C(=O)O. The fourth-order valence-electron chi connectivity index (χ4n) is 1.51. The summed E-state index contributed by atoms with van der Waals surface area (Å²) in [5, 5.41) is 18.3. The summed E-state index contributed by atoms with van der Waals surface area (Å²) in [6.45, 7) is 1.51. The minimum atomic E-state index is -2.81. The smallest absolute Gasteiger partial charge is 0.337 e. The number of carbonyl (C=O) groups excluding carboxylic acids is 1. The number of carbonyl (C=O) groups is 2. The third-order valence-corrected chi connectivity index (χ3v) is 2.90. The highest BCUT2D eigenvalue weighted by Crippen LogP contribution is 2.27. The first kappa shape index (κ1) is 15.7. The summed E-state index contributed by atoms with van der Waals surface area (Å²) in [5.74, 6) is -2.10. The first-order valence-electron chi connectivity index (χ1n) is 5.26. The molecule has 4 nitrogen and oxygen atoms in total. The van der Waals surface area contributed by atoms with Crippen LogP contribution >= 0.6 is 15.9 Å². The molecule has 0 aromatic heterocycles. The molecule has 0 amide bonds. The van der Waals surface area contributed by atoms with E-state index in [1.165, 1.54) is 6.92 Å². The van der Waals surface area contributed by atoms with Crippen LogP contribution in [-0.4, -0.2) is 26.8 Å². The summed E-state index contributed by atoms with van der Waals surface area (Å²) in [6, 6.07) is 2.97. The topological polar surface area (TPSA) is 74.6 Å². The van der Waals surface area contributed by atoms with Crippen molar-refractivity contribution >= 4 is 27.7 Å². The van der Waals surface area contributed by atoms with Crippen LogP contribution < -0.4 is 0 Å². The van der Waals surface area contributed by atoms with E-state index in [4.69, 9.17) is 5.11 Å². The molecule has 1 aromatic carbocycles. The van der Waals surface area contributed by atoms with Gasteiger partial charge in [-0.2, -0.15) is 0 Å². The molecule has 0 aliphatic heterocycles. The molecule has 2 N–H and O–H groups in total. The Hall–Kier alpha value is -1.34. The molecule has 2 atom stereocenters. The van der Waals surface area contributed by atoms with Gasteiger partial charge in [0.2, 0.25) is 0 Å². The molecule has 0 radical (unpaired) electrons. The standard InChI is InChI=1S/C12H11BrF2O4/c1-5(13)9(16)7-3-2-6(11(14)15)4-8(7)10(17)12(18)19/h2-5,10-11,17H,1H3,(H,18,19). The molecule has 2 unspecified atom stereocenters. The summed E-state index contributed by atoms with van der Waals surface area (Å²) < 4.78 is 25.2. The van der Waals surface area contributed by atoms with Gasteiger partial charge in [0.1, 0.15) is 0 Å². The average molecular weight is 337 g/mol. The van der Waals surface area contributed by atoms with Crippen molar-refractivity contribution < 1.29 is 28.6 Å². The Kier molecular flexibility index (Phi) is 5.13. The van der Waals surface area contributed by atoms with Crippen molar-refractivity contribution in [3.63, 3.8) is 0 Å². The zero-order valence-electron chi connectivity index (χ0n) is 9.81. The first-order chi connectivity index (χ1) is 8.75. The number of halogens is 3. The van der Waals surface area contributed by atoms with E-state index in [-0.39, 0.29) is 11.1 Å². The zero-order chi connectivity index (χ0) is 14.7. The van der Waals surface area contributed by atoms with Crippen LogP contribution in [0.25, 0.3) is 0 Å². The second-order valence-corrected chi connectivity index (χ2v) is 5.24. The largest absolute Gasteiger partial charge is 0.479 e. The highest BCUT2D eigenvalue weighted by molar-refractivity contribution is 9.10. The number of carboxylic acids is 1. The monoisotopic (exact) mass is 336 g/mol. The number of aliphatic hydroxyl groups excluding tert-OH is 1. The fourth-order valence-corrected chi connectivity index (χ4v) is 1.76.